The number of fused-ring (bicyclic) bond motifs is 3. The second kappa shape index (κ2) is 16.0. The molecule has 0 bridgehead atoms. The molecule has 3 N–H and O–H groups in total. The van der Waals surface area contributed by atoms with Gasteiger partial charge in [0, 0.05) is 46.1 Å². The van der Waals surface area contributed by atoms with Gasteiger partial charge in [-0.25, -0.2) is 0 Å². The largest absolute Gasteiger partial charge is 0.394 e. The Bertz CT molecular complexity index is 2410. The van der Waals surface area contributed by atoms with Crippen LogP contribution in [-0.4, -0.2) is 60.8 Å². The zero-order chi connectivity index (χ0) is 41.5. The van der Waals surface area contributed by atoms with E-state index in [2.05, 4.69) is 10.6 Å². The van der Waals surface area contributed by atoms with Gasteiger partial charge >= 0.3 is 0 Å². The first-order chi connectivity index (χ1) is 28.4. The first kappa shape index (κ1) is 39.9. The van der Waals surface area contributed by atoms with Crippen LogP contribution in [0.5, 0.6) is 0 Å². The maximum absolute atomic E-state index is 16.8. The van der Waals surface area contributed by atoms with E-state index in [-0.39, 0.29) is 37.3 Å². The minimum Gasteiger partial charge on any atom is -0.394 e. The first-order valence-corrected chi connectivity index (χ1v) is 22.9. The molecule has 5 atom stereocenters. The summed E-state index contributed by atoms with van der Waals surface area (Å²) in [5.41, 5.74) is 3.30. The van der Waals surface area contributed by atoms with Crippen LogP contribution in [0.2, 0.25) is 18.6 Å². The van der Waals surface area contributed by atoms with Crippen LogP contribution in [0.25, 0.3) is 0 Å². The summed E-state index contributed by atoms with van der Waals surface area (Å²) in [4.78, 5) is 59.2. The number of rotatable bonds is 10. The van der Waals surface area contributed by atoms with Gasteiger partial charge < -0.3 is 34.4 Å². The summed E-state index contributed by atoms with van der Waals surface area (Å²) in [5.74, 6) is -1.99. The van der Waals surface area contributed by atoms with Crippen molar-refractivity contribution in [3.63, 3.8) is 0 Å². The van der Waals surface area contributed by atoms with Gasteiger partial charge in [-0.2, -0.15) is 0 Å². The molecule has 302 valence electrons. The number of aliphatic hydroxyl groups excluding tert-OH is 1. The molecule has 0 aliphatic carbocycles. The number of nitrogens with one attached hydrogen (secondary N) is 2. The minimum absolute atomic E-state index is 0.102. The number of benzene rings is 5. The predicted molar refractivity (Wildman–Crippen MR) is 227 cm³/mol. The van der Waals surface area contributed by atoms with Crippen molar-refractivity contribution in [3.8, 4) is 0 Å². The maximum atomic E-state index is 16.8. The highest BCUT2D eigenvalue weighted by atomic mass is 28.4. The molecule has 0 unspecified atom stereocenters. The van der Waals surface area contributed by atoms with Crippen LogP contribution in [0.4, 0.5) is 21.2 Å². The molecular formula is C47H47FN4O6Si. The van der Waals surface area contributed by atoms with Gasteiger partial charge in [0.1, 0.15) is 0 Å². The molecule has 8 rings (SSSR count). The fourth-order valence-corrected chi connectivity index (χ4v) is 11.8. The number of hydrogen-bond acceptors (Lipinski definition) is 6. The Kier molecular flexibility index (Phi) is 10.8. The summed E-state index contributed by atoms with van der Waals surface area (Å²) in [7, 11) is -3.65. The third kappa shape index (κ3) is 7.59. The van der Waals surface area contributed by atoms with Gasteiger partial charge in [0.25, 0.3) is 17.7 Å². The van der Waals surface area contributed by atoms with E-state index in [1.165, 1.54) is 0 Å². The van der Waals surface area contributed by atoms with Crippen molar-refractivity contribution in [2.24, 2.45) is 5.92 Å². The highest BCUT2D eigenvalue weighted by molar-refractivity contribution is 6.72. The molecule has 59 heavy (non-hydrogen) atoms. The highest BCUT2D eigenvalue weighted by Gasteiger charge is 2.67. The molecule has 4 amide bonds. The fourth-order valence-electron chi connectivity index (χ4n) is 9.33. The van der Waals surface area contributed by atoms with Crippen LogP contribution < -0.4 is 15.5 Å². The van der Waals surface area contributed by atoms with Gasteiger partial charge in [-0.05, 0) is 90.8 Å². The molecule has 5 aromatic rings. The summed E-state index contributed by atoms with van der Waals surface area (Å²) in [5, 5.41) is 16.3. The van der Waals surface area contributed by atoms with Crippen molar-refractivity contribution in [2.75, 3.05) is 22.1 Å². The smallest absolute Gasteiger partial charge is 0.264 e. The summed E-state index contributed by atoms with van der Waals surface area (Å²) in [6.07, 6.45) is -0.630. The Morgan fingerprint density at radius 1 is 0.814 bits per heavy atom. The first-order valence-electron chi connectivity index (χ1n) is 20.0. The predicted octanol–water partition coefficient (Wildman–Crippen LogP) is 7.85. The molecular weight excluding hydrogens is 764 g/mol. The number of hydrogen-bond donors (Lipinski definition) is 3. The van der Waals surface area contributed by atoms with Crippen LogP contribution in [0, 0.1) is 5.92 Å². The van der Waals surface area contributed by atoms with Crippen LogP contribution in [-0.2, 0) is 39.4 Å². The molecule has 12 heteroatoms. The summed E-state index contributed by atoms with van der Waals surface area (Å²) < 4.78 is 23.8. The standard InChI is InChI=1S/C47H47FN4O6Si/c1-30-43(59(2,3)48)41(26-42(54)51-28-35-19-11-10-18-34(35)24-38(51)29-53)58-47(30)39-25-37(50-45(56)33-16-8-5-9-17-33)21-22-40(39)52(46(47)57)27-31-13-12-20-36(23-31)49-44(55)32-14-6-4-7-15-32/h4-23,25,30,38,41,43,53H,24,26-29H2,1-3H3,(H,49,55)(H,50,56)/t30-,38+,41+,43-,47+/m1/s1. The molecule has 1 spiro atoms. The molecule has 10 nitrogen and oxygen atoms in total. The topological polar surface area (TPSA) is 128 Å². The SMILES string of the molecule is C[C@@H]1[C@@H]([Si](C)(C)F)[C@H](CC(=O)N2Cc3ccccc3C[C@H]2CO)O[C@@]12C(=O)N(Cc1cccc(NC(=O)c3ccccc3)c1)c1ccc(NC(=O)c3ccccc3)cc12. The molecule has 0 radical (unpaired) electrons. The van der Waals surface area contributed by atoms with Crippen LogP contribution in [0.1, 0.15) is 56.3 Å². The molecule has 0 aromatic heterocycles. The van der Waals surface area contributed by atoms with Crippen LogP contribution in [0.15, 0.2) is 127 Å². The Hall–Kier alpha value is -5.95. The molecule has 0 saturated carbocycles. The lowest BCUT2D eigenvalue weighted by molar-refractivity contribution is -0.151. The number of ether oxygens (including phenoxy) is 1. The van der Waals surface area contributed by atoms with Gasteiger partial charge in [-0.1, -0.05) is 79.7 Å². The third-order valence-electron chi connectivity index (χ3n) is 12.1. The monoisotopic (exact) mass is 810 g/mol. The van der Waals surface area contributed by atoms with E-state index in [9.17, 15) is 19.5 Å². The van der Waals surface area contributed by atoms with E-state index >= 15 is 8.90 Å². The van der Waals surface area contributed by atoms with Crippen molar-refractivity contribution < 1.29 is 33.1 Å². The molecule has 3 aliphatic rings. The zero-order valence-corrected chi connectivity index (χ0v) is 34.2. The lowest BCUT2D eigenvalue weighted by Gasteiger charge is -2.37. The van der Waals surface area contributed by atoms with Gasteiger partial charge in [0.2, 0.25) is 14.3 Å². The van der Waals surface area contributed by atoms with E-state index in [1.54, 1.807) is 102 Å². The Labute approximate surface area is 344 Å². The number of nitrogens with zero attached hydrogens (tertiary/aromatic N) is 2. The number of aliphatic hydroxyl groups is 1. The average Bonchev–Trinajstić information content (AvgIpc) is 3.66. The lowest BCUT2D eigenvalue weighted by Crippen LogP contribution is -2.48. The third-order valence-corrected chi connectivity index (χ3v) is 14.5. The second-order valence-corrected chi connectivity index (χ2v) is 20.1. The quantitative estimate of drug-likeness (QED) is 0.0975. The van der Waals surface area contributed by atoms with E-state index in [0.717, 1.165) is 16.7 Å². The number of amides is 4. The van der Waals surface area contributed by atoms with E-state index in [1.807, 2.05) is 55.5 Å². The Morgan fingerprint density at radius 2 is 1.42 bits per heavy atom. The van der Waals surface area contributed by atoms with E-state index < -0.39 is 43.5 Å². The lowest BCUT2D eigenvalue weighted by atomic mass is 9.82. The molecule has 1 fully saturated rings. The summed E-state index contributed by atoms with van der Waals surface area (Å²) in [6, 6.07) is 37.5. The number of carbonyl (C=O) groups excluding carboxylic acids is 4. The van der Waals surface area contributed by atoms with Gasteiger partial charge in [-0.3, -0.25) is 19.2 Å². The van der Waals surface area contributed by atoms with Crippen molar-refractivity contribution in [1.82, 2.24) is 4.90 Å². The van der Waals surface area contributed by atoms with Gasteiger partial charge in [0.15, 0.2) is 5.60 Å². The molecule has 5 aromatic carbocycles. The number of anilines is 3. The second-order valence-electron chi connectivity index (χ2n) is 16.3. The Morgan fingerprint density at radius 3 is 2.05 bits per heavy atom. The van der Waals surface area contributed by atoms with Crippen molar-refractivity contribution in [3.05, 3.63) is 161 Å². The molecule has 3 aliphatic heterocycles. The minimum atomic E-state index is -3.65. The van der Waals surface area contributed by atoms with Crippen LogP contribution in [0.3, 0.4) is 0 Å². The molecule has 1 saturated heterocycles. The zero-order valence-electron chi connectivity index (χ0n) is 33.2. The number of carbonyl (C=O) groups is 4. The normalized spacial score (nSPS) is 22.2. The van der Waals surface area contributed by atoms with Crippen molar-refractivity contribution in [1.29, 1.82) is 0 Å². The van der Waals surface area contributed by atoms with Gasteiger partial charge in [0.05, 0.1) is 37.4 Å². The maximum Gasteiger partial charge on any atom is 0.264 e. The van der Waals surface area contributed by atoms with Gasteiger partial charge in [-0.15, -0.1) is 0 Å². The average molecular weight is 811 g/mol. The molecule has 3 heterocycles. The van der Waals surface area contributed by atoms with E-state index in [0.29, 0.717) is 46.7 Å². The fraction of sp³-hybridized carbons (Fsp3) is 0.277. The van der Waals surface area contributed by atoms with E-state index in [4.69, 9.17) is 4.74 Å². The summed E-state index contributed by atoms with van der Waals surface area (Å²) >= 11 is 0. The van der Waals surface area contributed by atoms with Crippen molar-refractivity contribution in [2.45, 2.75) is 69.2 Å². The summed E-state index contributed by atoms with van der Waals surface area (Å²) in [6.45, 7) is 5.19. The van der Waals surface area contributed by atoms with Crippen molar-refractivity contribution >= 4 is 49.1 Å². The number of halogens is 1. The van der Waals surface area contributed by atoms with Crippen LogP contribution >= 0.6 is 0 Å². The Balaban J connectivity index is 1.14. The highest BCUT2D eigenvalue weighted by Crippen LogP contribution is 2.60.